The van der Waals surface area contributed by atoms with Gasteiger partial charge in [-0.1, -0.05) is 0 Å². The summed E-state index contributed by atoms with van der Waals surface area (Å²) in [4.78, 5) is 0.0452. The largest absolute Gasteiger partial charge is 0.396 e. The van der Waals surface area contributed by atoms with Crippen molar-refractivity contribution in [3.63, 3.8) is 0 Å². The van der Waals surface area contributed by atoms with Crippen LogP contribution in [0, 0.1) is 19.7 Å². The Bertz CT molecular complexity index is 559. The van der Waals surface area contributed by atoms with Gasteiger partial charge in [-0.3, -0.25) is 0 Å². The van der Waals surface area contributed by atoms with E-state index in [2.05, 4.69) is 4.72 Å². The summed E-state index contributed by atoms with van der Waals surface area (Å²) in [5.74, 6) is -0.603. The van der Waals surface area contributed by atoms with Gasteiger partial charge < -0.3 is 10.5 Å². The van der Waals surface area contributed by atoms with E-state index < -0.39 is 15.8 Å². The van der Waals surface area contributed by atoms with Crippen molar-refractivity contribution in [1.29, 1.82) is 0 Å². The molecule has 0 saturated heterocycles. The molecule has 0 aliphatic heterocycles. The van der Waals surface area contributed by atoms with Gasteiger partial charge in [0, 0.05) is 20.3 Å². The second-order valence-electron chi connectivity index (χ2n) is 4.29. The molecule has 108 valence electrons. The summed E-state index contributed by atoms with van der Waals surface area (Å²) in [6.07, 6.45) is 0.560. The molecule has 0 aromatic heterocycles. The van der Waals surface area contributed by atoms with E-state index >= 15 is 0 Å². The van der Waals surface area contributed by atoms with Gasteiger partial charge in [-0.2, -0.15) is 0 Å². The summed E-state index contributed by atoms with van der Waals surface area (Å²) in [6.45, 7) is 3.76. The fourth-order valence-corrected chi connectivity index (χ4v) is 3.39. The molecule has 0 amide bonds. The fraction of sp³-hybridized carbons (Fsp3) is 0.500. The molecule has 0 aliphatic carbocycles. The predicted molar refractivity (Wildman–Crippen MR) is 72.0 cm³/mol. The third-order valence-corrected chi connectivity index (χ3v) is 4.54. The van der Waals surface area contributed by atoms with E-state index in [9.17, 15) is 12.8 Å². The summed E-state index contributed by atoms with van der Waals surface area (Å²) in [6, 6.07) is 1.13. The van der Waals surface area contributed by atoms with Crippen molar-refractivity contribution in [2.24, 2.45) is 0 Å². The topological polar surface area (TPSA) is 81.4 Å². The minimum absolute atomic E-state index is 0.0452. The van der Waals surface area contributed by atoms with Crippen LogP contribution in [0.3, 0.4) is 0 Å². The number of hydrogen-bond acceptors (Lipinski definition) is 4. The van der Waals surface area contributed by atoms with Gasteiger partial charge in [-0.05, 0) is 37.5 Å². The van der Waals surface area contributed by atoms with Crippen molar-refractivity contribution < 1.29 is 17.5 Å². The first-order valence-corrected chi connectivity index (χ1v) is 7.33. The van der Waals surface area contributed by atoms with Crippen LogP contribution in [0.25, 0.3) is 0 Å². The van der Waals surface area contributed by atoms with E-state index in [1.165, 1.54) is 6.92 Å². The first-order chi connectivity index (χ1) is 8.81. The van der Waals surface area contributed by atoms with Crippen LogP contribution in [0.4, 0.5) is 10.1 Å². The maximum Gasteiger partial charge on any atom is 0.241 e. The number of aryl methyl sites for hydroxylation is 1. The van der Waals surface area contributed by atoms with Crippen LogP contribution in [0.15, 0.2) is 11.0 Å². The van der Waals surface area contributed by atoms with Gasteiger partial charge in [-0.15, -0.1) is 0 Å². The fourth-order valence-electron chi connectivity index (χ4n) is 1.84. The molecule has 1 aromatic rings. The second kappa shape index (κ2) is 6.31. The van der Waals surface area contributed by atoms with Crippen LogP contribution >= 0.6 is 0 Å². The number of halogens is 1. The number of nitrogens with two attached hydrogens (primary N) is 1. The number of ether oxygens (including phenoxy) is 1. The Morgan fingerprint density at radius 3 is 2.63 bits per heavy atom. The molecule has 0 fully saturated rings. The first kappa shape index (κ1) is 15.9. The van der Waals surface area contributed by atoms with Gasteiger partial charge in [0.2, 0.25) is 10.0 Å². The minimum atomic E-state index is -3.69. The summed E-state index contributed by atoms with van der Waals surface area (Å²) >= 11 is 0. The van der Waals surface area contributed by atoms with Gasteiger partial charge >= 0.3 is 0 Å². The highest BCUT2D eigenvalue weighted by Gasteiger charge is 2.22. The van der Waals surface area contributed by atoms with Crippen molar-refractivity contribution in [2.45, 2.75) is 25.2 Å². The highest BCUT2D eigenvalue weighted by Crippen LogP contribution is 2.27. The van der Waals surface area contributed by atoms with Crippen molar-refractivity contribution in [2.75, 3.05) is 26.0 Å². The molecule has 0 heterocycles. The van der Waals surface area contributed by atoms with Crippen LogP contribution in [0.1, 0.15) is 17.5 Å². The molecule has 0 aliphatic rings. The highest BCUT2D eigenvalue weighted by atomic mass is 32.2. The molecule has 0 bridgehead atoms. The third kappa shape index (κ3) is 3.65. The lowest BCUT2D eigenvalue weighted by molar-refractivity contribution is 0.196. The normalized spacial score (nSPS) is 11.8. The predicted octanol–water partition coefficient (Wildman–Crippen LogP) is 1.34. The van der Waals surface area contributed by atoms with E-state index in [0.29, 0.717) is 18.6 Å². The molecule has 0 saturated carbocycles. The minimum Gasteiger partial charge on any atom is -0.396 e. The highest BCUT2D eigenvalue weighted by molar-refractivity contribution is 7.89. The Hall–Kier alpha value is -1.18. The SMILES string of the molecule is COCCCNS(=O)(=O)c1c(C)cc(F)c(N)c1C. The maximum absolute atomic E-state index is 13.4. The number of nitrogen functional groups attached to an aromatic ring is 1. The number of nitrogens with one attached hydrogen (secondary N) is 1. The lowest BCUT2D eigenvalue weighted by Crippen LogP contribution is -2.27. The first-order valence-electron chi connectivity index (χ1n) is 5.85. The van der Waals surface area contributed by atoms with Crippen molar-refractivity contribution in [3.8, 4) is 0 Å². The average molecular weight is 290 g/mol. The van der Waals surface area contributed by atoms with Crippen molar-refractivity contribution in [3.05, 3.63) is 23.0 Å². The van der Waals surface area contributed by atoms with Gasteiger partial charge in [0.05, 0.1) is 10.6 Å². The Kier molecular flexibility index (Phi) is 5.28. The molecular weight excluding hydrogens is 271 g/mol. The van der Waals surface area contributed by atoms with E-state index in [0.717, 1.165) is 6.07 Å². The van der Waals surface area contributed by atoms with E-state index in [-0.39, 0.29) is 22.7 Å². The van der Waals surface area contributed by atoms with Crippen molar-refractivity contribution >= 4 is 15.7 Å². The zero-order valence-electron chi connectivity index (χ0n) is 11.3. The molecule has 1 rings (SSSR count). The van der Waals surface area contributed by atoms with Gasteiger partial charge in [-0.25, -0.2) is 17.5 Å². The zero-order valence-corrected chi connectivity index (χ0v) is 12.1. The molecular formula is C12H19FN2O3S. The Labute approximate surface area is 113 Å². The average Bonchev–Trinajstić information content (AvgIpc) is 2.31. The van der Waals surface area contributed by atoms with Crippen molar-refractivity contribution in [1.82, 2.24) is 4.72 Å². The number of rotatable bonds is 6. The third-order valence-electron chi connectivity index (χ3n) is 2.79. The lowest BCUT2D eigenvalue weighted by Gasteiger charge is -2.14. The number of hydrogen-bond donors (Lipinski definition) is 2. The molecule has 19 heavy (non-hydrogen) atoms. The van der Waals surface area contributed by atoms with Crippen LogP contribution < -0.4 is 10.5 Å². The molecule has 1 aromatic carbocycles. The quantitative estimate of drug-likeness (QED) is 0.612. The number of sulfonamides is 1. The smallest absolute Gasteiger partial charge is 0.241 e. The Balaban J connectivity index is 3.05. The summed E-state index contributed by atoms with van der Waals surface area (Å²) in [5.41, 5.74) is 5.97. The summed E-state index contributed by atoms with van der Waals surface area (Å²) < 4.78 is 45.0. The number of benzene rings is 1. The molecule has 0 radical (unpaired) electrons. The zero-order chi connectivity index (χ0) is 14.6. The number of methoxy groups -OCH3 is 1. The molecule has 5 nitrogen and oxygen atoms in total. The Morgan fingerprint density at radius 1 is 1.42 bits per heavy atom. The van der Waals surface area contributed by atoms with E-state index in [1.807, 2.05) is 0 Å². The molecule has 0 spiro atoms. The Morgan fingerprint density at radius 2 is 2.05 bits per heavy atom. The maximum atomic E-state index is 13.4. The monoisotopic (exact) mass is 290 g/mol. The standard InChI is InChI=1S/C12H19FN2O3S/c1-8-7-10(13)11(14)9(2)12(8)19(16,17)15-5-4-6-18-3/h7,15H,4-6,14H2,1-3H3. The molecule has 0 atom stereocenters. The van der Waals surface area contributed by atoms with Crippen LogP contribution in [0.5, 0.6) is 0 Å². The number of anilines is 1. The molecule has 0 unspecified atom stereocenters. The summed E-state index contributed by atoms with van der Waals surface area (Å²) in [7, 11) is -2.15. The van der Waals surface area contributed by atoms with Gasteiger partial charge in [0.15, 0.2) is 0 Å². The second-order valence-corrected chi connectivity index (χ2v) is 5.99. The molecule has 3 N–H and O–H groups in total. The summed E-state index contributed by atoms with van der Waals surface area (Å²) in [5, 5.41) is 0. The van der Waals surface area contributed by atoms with Crippen LogP contribution in [-0.4, -0.2) is 28.7 Å². The molecule has 7 heteroatoms. The van der Waals surface area contributed by atoms with Crippen LogP contribution in [-0.2, 0) is 14.8 Å². The van der Waals surface area contributed by atoms with Crippen LogP contribution in [0.2, 0.25) is 0 Å². The lowest BCUT2D eigenvalue weighted by atomic mass is 10.1. The van der Waals surface area contributed by atoms with Gasteiger partial charge in [0.25, 0.3) is 0 Å². The van der Waals surface area contributed by atoms with E-state index in [4.69, 9.17) is 10.5 Å². The van der Waals surface area contributed by atoms with E-state index in [1.54, 1.807) is 14.0 Å². The van der Waals surface area contributed by atoms with Gasteiger partial charge in [0.1, 0.15) is 5.82 Å².